The second-order valence-corrected chi connectivity index (χ2v) is 7.98. The van der Waals surface area contributed by atoms with Crippen LogP contribution in [0.15, 0.2) is 35.0 Å². The second kappa shape index (κ2) is 5.02. The Morgan fingerprint density at radius 1 is 0.636 bits per heavy atom. The Morgan fingerprint density at radius 2 is 1.05 bits per heavy atom. The van der Waals surface area contributed by atoms with Crippen molar-refractivity contribution in [1.82, 2.24) is 17.5 Å². The van der Waals surface area contributed by atoms with Gasteiger partial charge in [-0.1, -0.05) is 12.1 Å². The predicted molar refractivity (Wildman–Crippen MR) is 90.3 cm³/mol. The molecule has 108 valence electrons. The highest BCUT2D eigenvalue weighted by Crippen LogP contribution is 2.48. The minimum atomic E-state index is 0.0821. The number of aromatic nitrogens is 4. The minimum absolute atomic E-state index is 0.0821. The van der Waals surface area contributed by atoms with E-state index in [0.717, 1.165) is 22.8 Å². The smallest absolute Gasteiger partial charge is 0.0930 e. The van der Waals surface area contributed by atoms with Crippen molar-refractivity contribution in [2.24, 2.45) is 0 Å². The Hall–Kier alpha value is -1.48. The van der Waals surface area contributed by atoms with Gasteiger partial charge in [-0.3, -0.25) is 0 Å². The van der Waals surface area contributed by atoms with Crippen LogP contribution >= 0.6 is 46.1 Å². The highest BCUT2D eigenvalue weighted by atomic mass is 32.1. The van der Waals surface area contributed by atoms with Gasteiger partial charge in [-0.15, -0.1) is 22.7 Å². The molecule has 1 aliphatic rings. The van der Waals surface area contributed by atoms with E-state index in [0.29, 0.717) is 0 Å². The van der Waals surface area contributed by atoms with E-state index in [1.165, 1.54) is 33.2 Å². The van der Waals surface area contributed by atoms with Crippen LogP contribution in [0.2, 0.25) is 0 Å². The van der Waals surface area contributed by atoms with E-state index in [-0.39, 0.29) is 11.8 Å². The molecule has 0 saturated heterocycles. The van der Waals surface area contributed by atoms with E-state index in [2.05, 4.69) is 52.5 Å². The normalized spacial score (nSPS) is 19.8. The molecular formula is C14H8N4S4. The standard InChI is InChI=1S/C14H8N4S4/c1-3-7(19-5-1)9-11-13(17-21-15-11)10(8-4-2-6-20-8)14-12(9)16-22-18-14/h1-6,9-10H. The molecule has 0 amide bonds. The third-order valence-corrected chi connectivity index (χ3v) is 6.82. The van der Waals surface area contributed by atoms with Gasteiger partial charge in [0.1, 0.15) is 0 Å². The van der Waals surface area contributed by atoms with Crippen molar-refractivity contribution in [3.8, 4) is 0 Å². The van der Waals surface area contributed by atoms with Crippen molar-refractivity contribution in [2.45, 2.75) is 11.8 Å². The maximum atomic E-state index is 4.61. The van der Waals surface area contributed by atoms with E-state index in [4.69, 9.17) is 0 Å². The molecule has 22 heavy (non-hydrogen) atoms. The molecule has 0 atom stereocenters. The maximum Gasteiger partial charge on any atom is 0.0930 e. The molecule has 0 N–H and O–H groups in total. The number of rotatable bonds is 2. The summed E-state index contributed by atoms with van der Waals surface area (Å²) in [7, 11) is 0. The summed E-state index contributed by atoms with van der Waals surface area (Å²) < 4.78 is 18.4. The number of hydrogen-bond acceptors (Lipinski definition) is 8. The average Bonchev–Trinajstić information content (AvgIpc) is 3.29. The highest BCUT2D eigenvalue weighted by Gasteiger charge is 2.41. The Bertz CT molecular complexity index is 793. The first-order chi connectivity index (χ1) is 10.9. The molecule has 0 aliphatic heterocycles. The van der Waals surface area contributed by atoms with Crippen molar-refractivity contribution in [1.29, 1.82) is 0 Å². The third-order valence-electron chi connectivity index (χ3n) is 3.83. The quantitative estimate of drug-likeness (QED) is 0.474. The fourth-order valence-electron chi connectivity index (χ4n) is 2.92. The summed E-state index contributed by atoms with van der Waals surface area (Å²) >= 11 is 6.05. The monoisotopic (exact) mass is 360 g/mol. The highest BCUT2D eigenvalue weighted by molar-refractivity contribution is 7.10. The van der Waals surface area contributed by atoms with Crippen molar-refractivity contribution in [3.05, 3.63) is 67.6 Å². The lowest BCUT2D eigenvalue weighted by atomic mass is 9.82. The van der Waals surface area contributed by atoms with Crippen LogP contribution < -0.4 is 0 Å². The van der Waals surface area contributed by atoms with Gasteiger partial charge >= 0.3 is 0 Å². The van der Waals surface area contributed by atoms with Gasteiger partial charge < -0.3 is 0 Å². The van der Waals surface area contributed by atoms with E-state index in [1.54, 1.807) is 22.7 Å². The van der Waals surface area contributed by atoms with Gasteiger partial charge in [0, 0.05) is 9.75 Å². The van der Waals surface area contributed by atoms with Crippen LogP contribution in [0, 0.1) is 0 Å². The molecule has 0 aromatic carbocycles. The van der Waals surface area contributed by atoms with Crippen LogP contribution in [0.3, 0.4) is 0 Å². The van der Waals surface area contributed by atoms with Crippen molar-refractivity contribution < 1.29 is 0 Å². The summed E-state index contributed by atoms with van der Waals surface area (Å²) in [6.45, 7) is 0. The zero-order valence-electron chi connectivity index (χ0n) is 11.0. The first-order valence-corrected chi connectivity index (χ1v) is 9.87. The van der Waals surface area contributed by atoms with Gasteiger partial charge in [0.2, 0.25) is 0 Å². The first-order valence-electron chi connectivity index (χ1n) is 6.65. The largest absolute Gasteiger partial charge is 0.177 e. The Morgan fingerprint density at radius 3 is 1.36 bits per heavy atom. The van der Waals surface area contributed by atoms with E-state index >= 15 is 0 Å². The van der Waals surface area contributed by atoms with Crippen molar-refractivity contribution >= 4 is 46.1 Å². The topological polar surface area (TPSA) is 51.6 Å². The van der Waals surface area contributed by atoms with E-state index in [9.17, 15) is 0 Å². The van der Waals surface area contributed by atoms with Gasteiger partial charge in [0.05, 0.1) is 58.1 Å². The second-order valence-electron chi connectivity index (χ2n) is 4.97. The third kappa shape index (κ3) is 1.78. The number of hydrogen-bond donors (Lipinski definition) is 0. The molecule has 5 rings (SSSR count). The average molecular weight is 361 g/mol. The van der Waals surface area contributed by atoms with Crippen LogP contribution in [-0.4, -0.2) is 17.5 Å². The molecule has 4 nitrogen and oxygen atoms in total. The number of thiophene rings is 2. The fraction of sp³-hybridized carbons (Fsp3) is 0.143. The van der Waals surface area contributed by atoms with Gasteiger partial charge in [-0.2, -0.15) is 17.5 Å². The molecule has 0 bridgehead atoms. The molecule has 0 radical (unpaired) electrons. The van der Waals surface area contributed by atoms with Gasteiger partial charge in [0.15, 0.2) is 0 Å². The molecule has 0 saturated carbocycles. The number of fused-ring (bicyclic) bond motifs is 2. The molecule has 1 aliphatic carbocycles. The van der Waals surface area contributed by atoms with Crippen LogP contribution in [0.25, 0.3) is 0 Å². The summed E-state index contributed by atoms with van der Waals surface area (Å²) in [6, 6.07) is 8.44. The predicted octanol–water partition coefficient (Wildman–Crippen LogP) is 4.19. The Labute approximate surface area is 142 Å². The summed E-state index contributed by atoms with van der Waals surface area (Å²) in [5.74, 6) is 0.164. The van der Waals surface area contributed by atoms with Gasteiger partial charge in [0.25, 0.3) is 0 Å². The lowest BCUT2D eigenvalue weighted by Gasteiger charge is -2.24. The van der Waals surface area contributed by atoms with Crippen molar-refractivity contribution in [2.75, 3.05) is 0 Å². The van der Waals surface area contributed by atoms with Gasteiger partial charge in [-0.05, 0) is 22.9 Å². The first kappa shape index (κ1) is 13.0. The molecule has 0 spiro atoms. The molecule has 8 heteroatoms. The number of nitrogens with zero attached hydrogens (tertiary/aromatic N) is 4. The lowest BCUT2D eigenvalue weighted by Crippen LogP contribution is -2.19. The zero-order valence-corrected chi connectivity index (χ0v) is 14.3. The van der Waals surface area contributed by atoms with Crippen LogP contribution in [-0.2, 0) is 0 Å². The van der Waals surface area contributed by atoms with Crippen LogP contribution in [0.1, 0.15) is 44.4 Å². The zero-order chi connectivity index (χ0) is 14.5. The van der Waals surface area contributed by atoms with E-state index in [1.807, 2.05) is 0 Å². The van der Waals surface area contributed by atoms with Gasteiger partial charge in [-0.25, -0.2) is 0 Å². The molecule has 0 unspecified atom stereocenters. The Balaban J connectivity index is 1.78. The molecule has 0 fully saturated rings. The fourth-order valence-corrected chi connectivity index (χ4v) is 5.81. The molecule has 4 aromatic rings. The van der Waals surface area contributed by atoms with Crippen LogP contribution in [0.4, 0.5) is 0 Å². The van der Waals surface area contributed by atoms with Crippen molar-refractivity contribution in [3.63, 3.8) is 0 Å². The molecule has 4 heterocycles. The molecule has 4 aromatic heterocycles. The summed E-state index contributed by atoms with van der Waals surface area (Å²) in [5.41, 5.74) is 4.19. The Kier molecular flexibility index (Phi) is 2.97. The minimum Gasteiger partial charge on any atom is -0.177 e. The SMILES string of the molecule is c1csc(C2c3nsnc3C(c3cccs3)c3nsnc32)c1. The summed E-state index contributed by atoms with van der Waals surface area (Å²) in [6.07, 6.45) is 0. The lowest BCUT2D eigenvalue weighted by molar-refractivity contribution is 0.776. The summed E-state index contributed by atoms with van der Waals surface area (Å²) in [5, 5.41) is 4.19. The molecular weight excluding hydrogens is 352 g/mol. The van der Waals surface area contributed by atoms with Crippen LogP contribution in [0.5, 0.6) is 0 Å². The summed E-state index contributed by atoms with van der Waals surface area (Å²) in [4.78, 5) is 2.51. The van der Waals surface area contributed by atoms with E-state index < -0.39 is 0 Å². The maximum absolute atomic E-state index is 4.61.